The molecule has 206 valence electrons. The summed E-state index contributed by atoms with van der Waals surface area (Å²) in [5.74, 6) is -0.120. The maximum absolute atomic E-state index is 14.9. The SMILES string of the molecule is CC(C)(C)OC(=O)N1[C@H]2C[S@@+]([O-])C[C@@H](Cc3ccc(NC(=O)OCc4ccccc4)c(F)c3)[C@@H]2OC1(C)C. The number of carbonyl (C=O) groups is 2. The van der Waals surface area contributed by atoms with E-state index in [4.69, 9.17) is 14.2 Å². The third kappa shape index (κ3) is 6.78. The van der Waals surface area contributed by atoms with E-state index in [1.165, 1.54) is 12.1 Å². The number of carbonyl (C=O) groups excluding carboxylic acids is 2. The van der Waals surface area contributed by atoms with E-state index in [0.29, 0.717) is 23.5 Å². The van der Waals surface area contributed by atoms with Gasteiger partial charge in [0.2, 0.25) is 0 Å². The number of benzene rings is 2. The highest BCUT2D eigenvalue weighted by molar-refractivity contribution is 7.91. The Bertz CT molecular complexity index is 1160. The molecular weight excluding hydrogens is 511 g/mol. The summed E-state index contributed by atoms with van der Waals surface area (Å²) in [5.41, 5.74) is -0.121. The molecule has 2 aromatic rings. The molecule has 38 heavy (non-hydrogen) atoms. The first-order valence-electron chi connectivity index (χ1n) is 12.6. The van der Waals surface area contributed by atoms with Gasteiger partial charge in [-0.2, -0.15) is 0 Å². The van der Waals surface area contributed by atoms with Crippen molar-refractivity contribution in [2.75, 3.05) is 16.8 Å². The minimum atomic E-state index is -1.18. The van der Waals surface area contributed by atoms with Crippen LogP contribution in [-0.2, 0) is 38.4 Å². The number of fused-ring (bicyclic) bond motifs is 1. The number of rotatable bonds is 5. The summed E-state index contributed by atoms with van der Waals surface area (Å²) in [6.07, 6.45) is -1.23. The van der Waals surface area contributed by atoms with E-state index in [1.807, 2.05) is 30.3 Å². The zero-order valence-electron chi connectivity index (χ0n) is 22.4. The van der Waals surface area contributed by atoms with Crippen molar-refractivity contribution in [3.63, 3.8) is 0 Å². The van der Waals surface area contributed by atoms with Crippen molar-refractivity contribution in [2.24, 2.45) is 5.92 Å². The predicted octanol–water partition coefficient (Wildman–Crippen LogP) is 5.24. The first kappa shape index (κ1) is 28.2. The molecule has 4 rings (SSSR count). The van der Waals surface area contributed by atoms with Gasteiger partial charge in [-0.15, -0.1) is 0 Å². The highest BCUT2D eigenvalue weighted by atomic mass is 32.2. The van der Waals surface area contributed by atoms with Gasteiger partial charge in [0, 0.05) is 5.92 Å². The van der Waals surface area contributed by atoms with Gasteiger partial charge < -0.3 is 18.8 Å². The number of nitrogens with zero attached hydrogens (tertiary/aromatic N) is 1. The van der Waals surface area contributed by atoms with Crippen molar-refractivity contribution < 1.29 is 32.7 Å². The number of anilines is 1. The smallest absolute Gasteiger partial charge is 0.413 e. The molecule has 2 saturated heterocycles. The number of ether oxygens (including phenoxy) is 3. The first-order valence-corrected chi connectivity index (χ1v) is 14.1. The largest absolute Gasteiger partial charge is 0.616 e. The van der Waals surface area contributed by atoms with Crippen LogP contribution in [0.2, 0.25) is 0 Å². The van der Waals surface area contributed by atoms with E-state index < -0.39 is 46.5 Å². The summed E-state index contributed by atoms with van der Waals surface area (Å²) in [5, 5.41) is 2.44. The van der Waals surface area contributed by atoms with Crippen LogP contribution in [0.5, 0.6) is 0 Å². The molecule has 1 N–H and O–H groups in total. The van der Waals surface area contributed by atoms with E-state index in [1.54, 1.807) is 45.6 Å². The van der Waals surface area contributed by atoms with Crippen molar-refractivity contribution >= 4 is 29.0 Å². The molecule has 0 spiro atoms. The predicted molar refractivity (Wildman–Crippen MR) is 143 cm³/mol. The van der Waals surface area contributed by atoms with Gasteiger partial charge in [-0.25, -0.2) is 14.0 Å². The first-order chi connectivity index (χ1) is 17.8. The summed E-state index contributed by atoms with van der Waals surface area (Å²) < 4.78 is 44.8. The summed E-state index contributed by atoms with van der Waals surface area (Å²) in [6, 6.07) is 13.3. The molecule has 0 bridgehead atoms. The normalized spacial score (nSPS) is 24.4. The van der Waals surface area contributed by atoms with E-state index in [-0.39, 0.29) is 24.3 Å². The second-order valence-electron chi connectivity index (χ2n) is 11.2. The van der Waals surface area contributed by atoms with Gasteiger partial charge >= 0.3 is 12.2 Å². The van der Waals surface area contributed by atoms with Crippen LogP contribution in [0.25, 0.3) is 0 Å². The summed E-state index contributed by atoms with van der Waals surface area (Å²) in [7, 11) is 0. The van der Waals surface area contributed by atoms with Crippen LogP contribution in [0, 0.1) is 11.7 Å². The number of amides is 2. The molecular formula is C28H35FN2O6S. The van der Waals surface area contributed by atoms with Crippen molar-refractivity contribution in [3.05, 3.63) is 65.5 Å². The molecule has 4 atom stereocenters. The molecule has 0 saturated carbocycles. The topological polar surface area (TPSA) is 100 Å². The Morgan fingerprint density at radius 1 is 1.16 bits per heavy atom. The van der Waals surface area contributed by atoms with Crippen LogP contribution in [0.4, 0.5) is 19.7 Å². The Morgan fingerprint density at radius 2 is 1.87 bits per heavy atom. The van der Waals surface area contributed by atoms with Crippen LogP contribution in [-0.4, -0.2) is 56.6 Å². The Morgan fingerprint density at radius 3 is 2.53 bits per heavy atom. The van der Waals surface area contributed by atoms with E-state index in [9.17, 15) is 18.5 Å². The van der Waals surface area contributed by atoms with Crippen molar-refractivity contribution in [1.29, 1.82) is 0 Å². The van der Waals surface area contributed by atoms with Gasteiger partial charge in [0.25, 0.3) is 0 Å². The van der Waals surface area contributed by atoms with Gasteiger partial charge in [-0.3, -0.25) is 10.2 Å². The Balaban J connectivity index is 1.42. The zero-order valence-corrected chi connectivity index (χ0v) is 23.2. The van der Waals surface area contributed by atoms with Crippen LogP contribution in [0.3, 0.4) is 0 Å². The Labute approximate surface area is 226 Å². The summed E-state index contributed by atoms with van der Waals surface area (Å²) in [6.45, 7) is 9.06. The van der Waals surface area contributed by atoms with Crippen molar-refractivity contribution in [3.8, 4) is 0 Å². The molecule has 2 aliphatic heterocycles. The minimum Gasteiger partial charge on any atom is -0.616 e. The molecule has 2 aromatic carbocycles. The molecule has 10 heteroatoms. The van der Waals surface area contributed by atoms with Gasteiger partial charge in [0.05, 0.1) is 11.8 Å². The average Bonchev–Trinajstić information content (AvgIpc) is 3.09. The van der Waals surface area contributed by atoms with Gasteiger partial charge in [0.1, 0.15) is 41.3 Å². The second-order valence-corrected chi connectivity index (χ2v) is 12.7. The molecule has 8 nitrogen and oxygen atoms in total. The third-order valence-electron chi connectivity index (χ3n) is 6.51. The Hall–Kier alpha value is -2.82. The maximum Gasteiger partial charge on any atom is 0.413 e. The molecule has 2 amide bonds. The number of hydrogen-bond acceptors (Lipinski definition) is 6. The van der Waals surface area contributed by atoms with Crippen LogP contribution >= 0.6 is 0 Å². The fourth-order valence-corrected chi connectivity index (χ4v) is 6.63. The van der Waals surface area contributed by atoms with Crippen LogP contribution in [0.1, 0.15) is 45.7 Å². The summed E-state index contributed by atoms with van der Waals surface area (Å²) >= 11 is -1.18. The standard InChI is InChI=1S/C28H35FN2O6S/c1-27(2,3)37-26(33)31-23-17-38(34)16-20(24(23)36-28(31,4)5)13-19-11-12-22(21(29)14-19)30-25(32)35-15-18-9-7-6-8-10-18/h6-12,14,20,23-24H,13,15-17H2,1-5H3,(H,30,32)/t20-,23+,24+,38+/m1/s1. The van der Waals surface area contributed by atoms with Crippen LogP contribution < -0.4 is 5.32 Å². The molecule has 0 radical (unpaired) electrons. The third-order valence-corrected chi connectivity index (χ3v) is 8.02. The van der Waals surface area contributed by atoms with Gasteiger partial charge in [0.15, 0.2) is 0 Å². The van der Waals surface area contributed by atoms with Crippen molar-refractivity contribution in [2.45, 2.75) is 71.1 Å². The highest BCUT2D eigenvalue weighted by Gasteiger charge is 2.57. The van der Waals surface area contributed by atoms with Gasteiger partial charge in [-0.05, 0) is 64.3 Å². The number of hydrogen-bond donors (Lipinski definition) is 1. The molecule has 2 fully saturated rings. The fourth-order valence-electron chi connectivity index (χ4n) is 4.99. The highest BCUT2D eigenvalue weighted by Crippen LogP contribution is 2.41. The lowest BCUT2D eigenvalue weighted by Crippen LogP contribution is -2.55. The van der Waals surface area contributed by atoms with Crippen molar-refractivity contribution in [1.82, 2.24) is 4.90 Å². The monoisotopic (exact) mass is 546 g/mol. The zero-order chi connectivity index (χ0) is 27.7. The quantitative estimate of drug-likeness (QED) is 0.515. The average molecular weight is 547 g/mol. The Kier molecular flexibility index (Phi) is 8.25. The summed E-state index contributed by atoms with van der Waals surface area (Å²) in [4.78, 5) is 26.7. The lowest BCUT2D eigenvalue weighted by molar-refractivity contribution is -0.0872. The second kappa shape index (κ2) is 11.1. The van der Waals surface area contributed by atoms with Gasteiger partial charge in [-0.1, -0.05) is 47.6 Å². The van der Waals surface area contributed by atoms with E-state index in [0.717, 1.165) is 5.56 Å². The molecule has 2 heterocycles. The van der Waals surface area contributed by atoms with E-state index in [2.05, 4.69) is 5.32 Å². The molecule has 0 aliphatic carbocycles. The lowest BCUT2D eigenvalue weighted by Gasteiger charge is -2.37. The molecule has 2 aliphatic rings. The molecule has 0 unspecified atom stereocenters. The number of halogens is 1. The fraction of sp³-hybridized carbons (Fsp3) is 0.500. The molecule has 0 aromatic heterocycles. The van der Waals surface area contributed by atoms with Crippen LogP contribution in [0.15, 0.2) is 48.5 Å². The number of nitrogens with one attached hydrogen (secondary N) is 1. The minimum absolute atomic E-state index is 0.00580. The maximum atomic E-state index is 14.9. The van der Waals surface area contributed by atoms with E-state index >= 15 is 0 Å². The lowest BCUT2D eigenvalue weighted by atomic mass is 9.91.